The number of aromatic nitrogens is 2. The number of anilines is 1. The molecule has 1 aromatic heterocycles. The first-order valence-electron chi connectivity index (χ1n) is 11.8. The lowest BCUT2D eigenvalue weighted by Gasteiger charge is -2.35. The highest BCUT2D eigenvalue weighted by Crippen LogP contribution is 2.40. The standard InChI is InChI=1S/C28H23FN4O4/c1-15-4-7-18(8-5-15)25-24(17(3)33(28(34)30-25)20-10-6-16(2)21(29)13-20)27-31-26(32-37-27)19-9-11-22-23(12-19)36-14-35-22/h4-13,25H,14H2,1-3H3,(H,30,34). The summed E-state index contributed by atoms with van der Waals surface area (Å²) >= 11 is 0. The van der Waals surface area contributed by atoms with E-state index < -0.39 is 11.9 Å². The number of halogens is 1. The Morgan fingerprint density at radius 3 is 2.54 bits per heavy atom. The highest BCUT2D eigenvalue weighted by molar-refractivity contribution is 6.01. The number of rotatable bonds is 4. The number of aryl methyl sites for hydroxylation is 2. The van der Waals surface area contributed by atoms with Crippen LogP contribution in [-0.2, 0) is 0 Å². The Balaban J connectivity index is 1.47. The van der Waals surface area contributed by atoms with Crippen LogP contribution in [0.25, 0.3) is 17.0 Å². The molecule has 37 heavy (non-hydrogen) atoms. The second-order valence-corrected chi connectivity index (χ2v) is 9.05. The molecule has 9 heteroatoms. The van der Waals surface area contributed by atoms with Crippen LogP contribution in [0, 0.1) is 19.7 Å². The van der Waals surface area contributed by atoms with E-state index in [9.17, 15) is 9.18 Å². The van der Waals surface area contributed by atoms with Gasteiger partial charge in [0.2, 0.25) is 12.6 Å². The number of nitrogens with one attached hydrogen (secondary N) is 1. The number of hydrogen-bond donors (Lipinski definition) is 1. The third-order valence-electron chi connectivity index (χ3n) is 6.60. The minimum Gasteiger partial charge on any atom is -0.454 e. The van der Waals surface area contributed by atoms with Crippen molar-refractivity contribution >= 4 is 17.3 Å². The number of urea groups is 1. The van der Waals surface area contributed by atoms with Gasteiger partial charge in [-0.3, -0.25) is 4.90 Å². The molecule has 3 heterocycles. The smallest absolute Gasteiger partial charge is 0.327 e. The second kappa shape index (κ2) is 8.77. The predicted octanol–water partition coefficient (Wildman–Crippen LogP) is 5.92. The molecule has 2 amide bonds. The molecule has 0 aliphatic carbocycles. The Bertz CT molecular complexity index is 1560. The minimum absolute atomic E-state index is 0.162. The van der Waals surface area contributed by atoms with Crippen molar-refractivity contribution in [2.24, 2.45) is 0 Å². The summed E-state index contributed by atoms with van der Waals surface area (Å²) in [4.78, 5) is 19.4. The maximum Gasteiger partial charge on any atom is 0.327 e. The van der Waals surface area contributed by atoms with E-state index in [1.54, 1.807) is 38.1 Å². The Morgan fingerprint density at radius 2 is 1.76 bits per heavy atom. The number of hydrogen-bond acceptors (Lipinski definition) is 6. The quantitative estimate of drug-likeness (QED) is 0.376. The Morgan fingerprint density at radius 1 is 0.973 bits per heavy atom. The van der Waals surface area contributed by atoms with Gasteiger partial charge in [-0.25, -0.2) is 9.18 Å². The van der Waals surface area contributed by atoms with Crippen LogP contribution >= 0.6 is 0 Å². The zero-order valence-electron chi connectivity index (χ0n) is 20.4. The number of carbonyl (C=O) groups is 1. The monoisotopic (exact) mass is 498 g/mol. The third-order valence-corrected chi connectivity index (χ3v) is 6.60. The first kappa shape index (κ1) is 22.8. The fourth-order valence-electron chi connectivity index (χ4n) is 4.55. The van der Waals surface area contributed by atoms with Crippen molar-refractivity contribution in [1.29, 1.82) is 0 Å². The van der Waals surface area contributed by atoms with E-state index in [2.05, 4.69) is 15.5 Å². The molecule has 1 atom stereocenters. The van der Waals surface area contributed by atoms with E-state index in [-0.39, 0.29) is 18.7 Å². The van der Waals surface area contributed by atoms with Crippen molar-refractivity contribution in [3.8, 4) is 22.9 Å². The highest BCUT2D eigenvalue weighted by atomic mass is 19.1. The number of allylic oxidation sites excluding steroid dienone is 1. The SMILES string of the molecule is CC1=C(c2nc(-c3ccc4c(c3)OCO4)no2)C(c2ccc(C)cc2)NC(=O)N1c1ccc(C)c(F)c1. The third kappa shape index (κ3) is 3.98. The summed E-state index contributed by atoms with van der Waals surface area (Å²) in [7, 11) is 0. The van der Waals surface area contributed by atoms with Gasteiger partial charge in [-0.05, 0) is 62.2 Å². The molecule has 0 spiro atoms. The van der Waals surface area contributed by atoms with Gasteiger partial charge in [0.05, 0.1) is 17.3 Å². The molecule has 4 aromatic rings. The van der Waals surface area contributed by atoms with E-state index in [0.717, 1.165) is 11.1 Å². The second-order valence-electron chi connectivity index (χ2n) is 9.05. The fraction of sp³-hybridized carbons (Fsp3) is 0.179. The first-order chi connectivity index (χ1) is 17.9. The molecule has 1 N–H and O–H groups in total. The average molecular weight is 499 g/mol. The summed E-state index contributed by atoms with van der Waals surface area (Å²) < 4.78 is 31.0. The molecule has 6 rings (SSSR count). The molecule has 186 valence electrons. The van der Waals surface area contributed by atoms with Crippen LogP contribution in [0.4, 0.5) is 14.9 Å². The number of ether oxygens (including phenoxy) is 2. The molecule has 3 aromatic carbocycles. The number of amides is 2. The van der Waals surface area contributed by atoms with Crippen LogP contribution in [0.1, 0.15) is 35.5 Å². The summed E-state index contributed by atoms with van der Waals surface area (Å²) in [6.45, 7) is 5.62. The van der Waals surface area contributed by atoms with E-state index in [4.69, 9.17) is 14.0 Å². The van der Waals surface area contributed by atoms with Crippen molar-refractivity contribution in [2.45, 2.75) is 26.8 Å². The van der Waals surface area contributed by atoms with Gasteiger partial charge in [-0.1, -0.05) is 41.1 Å². The largest absolute Gasteiger partial charge is 0.454 e. The molecule has 0 bridgehead atoms. The van der Waals surface area contributed by atoms with Crippen LogP contribution in [0.15, 0.2) is 70.9 Å². The molecule has 0 radical (unpaired) electrons. The zero-order valence-corrected chi connectivity index (χ0v) is 20.4. The van der Waals surface area contributed by atoms with E-state index in [0.29, 0.717) is 45.4 Å². The minimum atomic E-state index is -0.551. The topological polar surface area (TPSA) is 89.7 Å². The van der Waals surface area contributed by atoms with Crippen molar-refractivity contribution in [3.63, 3.8) is 0 Å². The van der Waals surface area contributed by atoms with Crippen molar-refractivity contribution < 1.29 is 23.2 Å². The summed E-state index contributed by atoms with van der Waals surface area (Å²) in [5, 5.41) is 7.24. The summed E-state index contributed by atoms with van der Waals surface area (Å²) in [6.07, 6.45) is 0. The summed E-state index contributed by atoms with van der Waals surface area (Å²) in [5.74, 6) is 1.47. The van der Waals surface area contributed by atoms with Crippen LogP contribution in [0.3, 0.4) is 0 Å². The molecule has 0 saturated carbocycles. The summed E-state index contributed by atoms with van der Waals surface area (Å²) in [5.41, 5.74) is 4.70. The number of nitrogens with zero attached hydrogens (tertiary/aromatic N) is 3. The molecule has 0 fully saturated rings. The normalized spacial score (nSPS) is 16.8. The zero-order chi connectivity index (χ0) is 25.7. The number of fused-ring (bicyclic) bond motifs is 1. The number of benzene rings is 3. The van der Waals surface area contributed by atoms with Gasteiger partial charge in [0.1, 0.15) is 5.82 Å². The Labute approximate surface area is 212 Å². The highest BCUT2D eigenvalue weighted by Gasteiger charge is 2.36. The summed E-state index contributed by atoms with van der Waals surface area (Å²) in [6, 6.07) is 17.0. The van der Waals surface area contributed by atoms with Gasteiger partial charge < -0.3 is 19.3 Å². The maximum atomic E-state index is 14.4. The van der Waals surface area contributed by atoms with E-state index in [1.807, 2.05) is 37.3 Å². The van der Waals surface area contributed by atoms with Gasteiger partial charge in [0, 0.05) is 11.3 Å². The van der Waals surface area contributed by atoms with Gasteiger partial charge in [-0.15, -0.1) is 0 Å². The van der Waals surface area contributed by atoms with Gasteiger partial charge in [0.25, 0.3) is 5.89 Å². The first-order valence-corrected chi connectivity index (χ1v) is 11.8. The lowest BCUT2D eigenvalue weighted by atomic mass is 9.94. The molecule has 8 nitrogen and oxygen atoms in total. The lowest BCUT2D eigenvalue weighted by Crippen LogP contribution is -2.46. The maximum absolute atomic E-state index is 14.4. The van der Waals surface area contributed by atoms with Crippen molar-refractivity contribution in [3.05, 3.63) is 94.8 Å². The Kier molecular flexibility index (Phi) is 5.40. The van der Waals surface area contributed by atoms with E-state index in [1.165, 1.54) is 11.0 Å². The predicted molar refractivity (Wildman–Crippen MR) is 135 cm³/mol. The van der Waals surface area contributed by atoms with Crippen LogP contribution in [0.2, 0.25) is 0 Å². The molecule has 2 aliphatic rings. The van der Waals surface area contributed by atoms with Crippen LogP contribution in [-0.4, -0.2) is 23.0 Å². The van der Waals surface area contributed by atoms with Gasteiger partial charge in [-0.2, -0.15) is 4.98 Å². The molecular weight excluding hydrogens is 475 g/mol. The van der Waals surface area contributed by atoms with E-state index >= 15 is 0 Å². The Hall–Kier alpha value is -4.66. The molecule has 0 saturated heterocycles. The van der Waals surface area contributed by atoms with Crippen molar-refractivity contribution in [1.82, 2.24) is 15.5 Å². The lowest BCUT2D eigenvalue weighted by molar-refractivity contribution is 0.174. The van der Waals surface area contributed by atoms with Crippen molar-refractivity contribution in [2.75, 3.05) is 11.7 Å². The molecular formula is C28H23FN4O4. The fourth-order valence-corrected chi connectivity index (χ4v) is 4.55. The van der Waals surface area contributed by atoms with Gasteiger partial charge >= 0.3 is 6.03 Å². The number of carbonyl (C=O) groups excluding carboxylic acids is 1. The molecule has 1 unspecified atom stereocenters. The van der Waals surface area contributed by atoms with Crippen LogP contribution < -0.4 is 19.7 Å². The average Bonchev–Trinajstić information content (AvgIpc) is 3.56. The van der Waals surface area contributed by atoms with Gasteiger partial charge in [0.15, 0.2) is 11.5 Å². The van der Waals surface area contributed by atoms with Crippen LogP contribution in [0.5, 0.6) is 11.5 Å². The molecule has 2 aliphatic heterocycles.